The van der Waals surface area contributed by atoms with Crippen molar-refractivity contribution in [2.75, 3.05) is 5.43 Å². The van der Waals surface area contributed by atoms with Crippen LogP contribution in [-0.4, -0.2) is 24.5 Å². The van der Waals surface area contributed by atoms with Crippen molar-refractivity contribution in [1.29, 1.82) is 0 Å². The van der Waals surface area contributed by atoms with Gasteiger partial charge in [-0.25, -0.2) is 9.89 Å². The number of fused-ring (bicyclic) bond motifs is 1. The van der Waals surface area contributed by atoms with Crippen molar-refractivity contribution in [2.24, 2.45) is 0 Å². The van der Waals surface area contributed by atoms with Crippen molar-refractivity contribution in [3.8, 4) is 0 Å². The first-order valence-electron chi connectivity index (χ1n) is 4.67. The predicted octanol–water partition coefficient (Wildman–Crippen LogP) is 0.0943. The molecule has 0 atom stereocenters. The summed E-state index contributed by atoms with van der Waals surface area (Å²) < 4.78 is 2.94. The van der Waals surface area contributed by atoms with E-state index in [2.05, 4.69) is 20.7 Å². The molecule has 2 N–H and O–H groups in total. The Morgan fingerprint density at radius 1 is 1.25 bits per heavy atom. The molecular weight excluding hydrogens is 208 g/mol. The minimum Gasteiger partial charge on any atom is -0.277 e. The lowest BCUT2D eigenvalue weighted by Crippen LogP contribution is -2.15. The fourth-order valence-electron chi connectivity index (χ4n) is 1.40. The maximum Gasteiger partial charge on any atom is 0.364 e. The van der Waals surface area contributed by atoms with Crippen molar-refractivity contribution in [3.05, 3.63) is 47.1 Å². The molecule has 80 valence electrons. The molecule has 0 aliphatic rings. The van der Waals surface area contributed by atoms with E-state index < -0.39 is 0 Å². The third-order valence-corrected chi connectivity index (χ3v) is 2.12. The van der Waals surface area contributed by atoms with Gasteiger partial charge < -0.3 is 0 Å². The molecule has 0 unspecified atom stereocenters. The molecule has 7 nitrogen and oxygen atoms in total. The highest BCUT2D eigenvalue weighted by atomic mass is 16.2. The van der Waals surface area contributed by atoms with E-state index in [0.29, 0.717) is 11.5 Å². The molecule has 3 aromatic rings. The highest BCUT2D eigenvalue weighted by Crippen LogP contribution is 2.03. The average molecular weight is 216 g/mol. The molecule has 0 saturated heterocycles. The van der Waals surface area contributed by atoms with Crippen molar-refractivity contribution >= 4 is 11.5 Å². The number of aromatic nitrogens is 5. The van der Waals surface area contributed by atoms with Crippen LogP contribution in [0.2, 0.25) is 0 Å². The van der Waals surface area contributed by atoms with Gasteiger partial charge in [-0.3, -0.25) is 10.1 Å². The van der Waals surface area contributed by atoms with E-state index in [-0.39, 0.29) is 5.69 Å². The van der Waals surface area contributed by atoms with Crippen LogP contribution in [-0.2, 0) is 0 Å². The number of nitrogens with one attached hydrogen (secondary N) is 2. The maximum absolute atomic E-state index is 11.3. The fraction of sp³-hybridized carbons (Fsp3) is 0. The average Bonchev–Trinajstić information content (AvgIpc) is 2.90. The first kappa shape index (κ1) is 8.72. The predicted molar refractivity (Wildman–Crippen MR) is 57.1 cm³/mol. The standard InChI is InChI=1S/C9H8N6O/c16-9-11-10-8-4-3-7(13-15(8)9)12-14-5-1-2-6-14/h1-6H,(H,11,16)(H,12,13). The minimum absolute atomic E-state index is 0.355. The third kappa shape index (κ3) is 1.34. The SMILES string of the molecule is O=c1[nH]nc2ccc(Nn3cccc3)nn12. The molecule has 16 heavy (non-hydrogen) atoms. The van der Waals surface area contributed by atoms with Gasteiger partial charge in [-0.2, -0.15) is 9.61 Å². The number of rotatable bonds is 2. The first-order chi connectivity index (χ1) is 7.83. The zero-order valence-corrected chi connectivity index (χ0v) is 8.16. The van der Waals surface area contributed by atoms with E-state index in [4.69, 9.17) is 0 Å². The van der Waals surface area contributed by atoms with Crippen LogP contribution in [0.4, 0.5) is 5.82 Å². The van der Waals surface area contributed by atoms with Gasteiger partial charge in [0.15, 0.2) is 11.5 Å². The zero-order valence-electron chi connectivity index (χ0n) is 8.16. The smallest absolute Gasteiger partial charge is 0.277 e. The van der Waals surface area contributed by atoms with E-state index in [1.807, 2.05) is 24.5 Å². The lowest BCUT2D eigenvalue weighted by Gasteiger charge is -2.05. The Kier molecular flexibility index (Phi) is 1.76. The molecule has 0 radical (unpaired) electrons. The maximum atomic E-state index is 11.3. The largest absolute Gasteiger partial charge is 0.364 e. The number of nitrogens with zero attached hydrogens (tertiary/aromatic N) is 4. The minimum atomic E-state index is -0.355. The molecule has 0 aromatic carbocycles. The summed E-state index contributed by atoms with van der Waals surface area (Å²) in [7, 11) is 0. The normalized spacial score (nSPS) is 10.8. The summed E-state index contributed by atoms with van der Waals surface area (Å²) in [6, 6.07) is 7.22. The summed E-state index contributed by atoms with van der Waals surface area (Å²) in [5, 5.41) is 10.2. The second-order valence-corrected chi connectivity index (χ2v) is 3.22. The van der Waals surface area contributed by atoms with Crippen LogP contribution in [0.25, 0.3) is 5.65 Å². The highest BCUT2D eigenvalue weighted by molar-refractivity contribution is 5.42. The number of aromatic amines is 1. The monoisotopic (exact) mass is 216 g/mol. The van der Waals surface area contributed by atoms with Gasteiger partial charge in [-0.1, -0.05) is 0 Å². The van der Waals surface area contributed by atoms with E-state index in [9.17, 15) is 4.79 Å². The number of hydrogen-bond acceptors (Lipinski definition) is 4. The molecule has 0 fully saturated rings. The molecule has 0 saturated carbocycles. The summed E-state index contributed by atoms with van der Waals surface area (Å²) in [5.74, 6) is 0.562. The quantitative estimate of drug-likeness (QED) is 0.636. The van der Waals surface area contributed by atoms with Crippen LogP contribution in [0, 0.1) is 0 Å². The van der Waals surface area contributed by atoms with Gasteiger partial charge in [-0.05, 0) is 24.3 Å². The number of H-pyrrole nitrogens is 1. The van der Waals surface area contributed by atoms with Gasteiger partial charge in [0.2, 0.25) is 0 Å². The van der Waals surface area contributed by atoms with Crippen LogP contribution in [0.1, 0.15) is 0 Å². The number of hydrogen-bond donors (Lipinski definition) is 2. The summed E-state index contributed by atoms with van der Waals surface area (Å²) in [4.78, 5) is 11.3. The molecule has 3 heterocycles. The molecular formula is C9H8N6O. The van der Waals surface area contributed by atoms with Crippen LogP contribution >= 0.6 is 0 Å². The number of anilines is 1. The van der Waals surface area contributed by atoms with Crippen molar-refractivity contribution < 1.29 is 0 Å². The summed E-state index contributed by atoms with van der Waals surface area (Å²) >= 11 is 0. The molecule has 3 rings (SSSR count). The fourth-order valence-corrected chi connectivity index (χ4v) is 1.40. The van der Waals surface area contributed by atoms with Crippen LogP contribution < -0.4 is 11.1 Å². The Balaban J connectivity index is 2.04. The van der Waals surface area contributed by atoms with Crippen LogP contribution in [0.3, 0.4) is 0 Å². The van der Waals surface area contributed by atoms with Gasteiger partial charge >= 0.3 is 5.69 Å². The van der Waals surface area contributed by atoms with Crippen molar-refractivity contribution in [1.82, 2.24) is 24.5 Å². The summed E-state index contributed by atoms with van der Waals surface area (Å²) in [6.45, 7) is 0. The molecule has 0 amide bonds. The van der Waals surface area contributed by atoms with Gasteiger partial charge in [0.25, 0.3) is 0 Å². The third-order valence-electron chi connectivity index (χ3n) is 2.12. The zero-order chi connectivity index (χ0) is 11.0. The topological polar surface area (TPSA) is 80.0 Å². The molecule has 0 aliphatic heterocycles. The van der Waals surface area contributed by atoms with E-state index in [1.165, 1.54) is 4.52 Å². The van der Waals surface area contributed by atoms with Gasteiger partial charge in [-0.15, -0.1) is 5.10 Å². The Bertz CT molecular complexity index is 665. The second kappa shape index (κ2) is 3.23. The Hall–Kier alpha value is -2.57. The molecule has 0 bridgehead atoms. The van der Waals surface area contributed by atoms with Gasteiger partial charge in [0.1, 0.15) is 0 Å². The Morgan fingerprint density at radius 2 is 2.06 bits per heavy atom. The Morgan fingerprint density at radius 3 is 2.88 bits per heavy atom. The van der Waals surface area contributed by atoms with Gasteiger partial charge in [0, 0.05) is 12.4 Å². The highest BCUT2D eigenvalue weighted by Gasteiger charge is 2.02. The summed E-state index contributed by atoms with van der Waals surface area (Å²) in [5.41, 5.74) is 3.13. The van der Waals surface area contributed by atoms with Crippen LogP contribution in [0.15, 0.2) is 41.5 Å². The van der Waals surface area contributed by atoms with Crippen molar-refractivity contribution in [3.63, 3.8) is 0 Å². The van der Waals surface area contributed by atoms with E-state index in [1.54, 1.807) is 16.8 Å². The molecule has 0 aliphatic carbocycles. The van der Waals surface area contributed by atoms with E-state index >= 15 is 0 Å². The molecule has 3 aromatic heterocycles. The van der Waals surface area contributed by atoms with E-state index in [0.717, 1.165) is 0 Å². The second-order valence-electron chi connectivity index (χ2n) is 3.22. The van der Waals surface area contributed by atoms with Crippen LogP contribution in [0.5, 0.6) is 0 Å². The molecule has 7 heteroatoms. The molecule has 0 spiro atoms. The Labute approximate surface area is 89.3 Å². The van der Waals surface area contributed by atoms with Crippen molar-refractivity contribution in [2.45, 2.75) is 0 Å². The van der Waals surface area contributed by atoms with Gasteiger partial charge in [0.05, 0.1) is 0 Å². The lowest BCUT2D eigenvalue weighted by molar-refractivity contribution is 0.854. The lowest BCUT2D eigenvalue weighted by atomic mass is 10.5. The summed E-state index contributed by atoms with van der Waals surface area (Å²) in [6.07, 6.45) is 3.67. The first-order valence-corrected chi connectivity index (χ1v) is 4.67.